The fraction of sp³-hybridized carbons (Fsp3) is 0.238. The number of aromatic nitrogens is 4. The molecule has 0 unspecified atom stereocenters. The number of pyridine rings is 2. The Labute approximate surface area is 174 Å². The quantitative estimate of drug-likeness (QED) is 0.394. The minimum absolute atomic E-state index is 0.146. The van der Waals surface area contributed by atoms with Crippen LogP contribution in [0.15, 0.2) is 40.6 Å². The van der Waals surface area contributed by atoms with Gasteiger partial charge in [-0.2, -0.15) is 4.99 Å². The van der Waals surface area contributed by atoms with E-state index in [9.17, 15) is 4.79 Å². The number of anilines is 1. The lowest BCUT2D eigenvalue weighted by Gasteiger charge is -2.11. The monoisotopic (exact) mass is 402 g/mol. The summed E-state index contributed by atoms with van der Waals surface area (Å²) < 4.78 is 2.14. The normalized spacial score (nSPS) is 12.3. The number of rotatable bonds is 4. The van der Waals surface area contributed by atoms with Gasteiger partial charge in [0, 0.05) is 29.9 Å². The van der Waals surface area contributed by atoms with E-state index in [0.29, 0.717) is 17.2 Å². The van der Waals surface area contributed by atoms with Crippen LogP contribution < -0.4 is 11.1 Å². The van der Waals surface area contributed by atoms with Crippen molar-refractivity contribution in [2.45, 2.75) is 33.7 Å². The summed E-state index contributed by atoms with van der Waals surface area (Å²) in [6.07, 6.45) is 8.51. The number of imidazole rings is 1. The van der Waals surface area contributed by atoms with Crippen molar-refractivity contribution in [1.82, 2.24) is 19.5 Å². The van der Waals surface area contributed by atoms with Crippen LogP contribution in [-0.4, -0.2) is 37.1 Å². The first-order chi connectivity index (χ1) is 14.3. The van der Waals surface area contributed by atoms with Gasteiger partial charge in [0.1, 0.15) is 28.7 Å². The first-order valence-corrected chi connectivity index (χ1v) is 9.26. The van der Waals surface area contributed by atoms with Gasteiger partial charge in [0.25, 0.3) is 5.91 Å². The van der Waals surface area contributed by atoms with E-state index in [1.807, 2.05) is 13.0 Å². The maximum Gasteiger partial charge on any atom is 0.267 e. The lowest BCUT2D eigenvalue weighted by atomic mass is 10.2. The van der Waals surface area contributed by atoms with Crippen LogP contribution in [0.3, 0.4) is 0 Å². The van der Waals surface area contributed by atoms with E-state index in [2.05, 4.69) is 54.7 Å². The van der Waals surface area contributed by atoms with E-state index >= 15 is 0 Å². The van der Waals surface area contributed by atoms with Gasteiger partial charge in [-0.05, 0) is 39.8 Å². The number of hydrogen-bond acceptors (Lipinski definition) is 5. The van der Waals surface area contributed by atoms with E-state index in [0.717, 1.165) is 16.9 Å². The van der Waals surface area contributed by atoms with Crippen LogP contribution in [-0.2, 0) is 0 Å². The van der Waals surface area contributed by atoms with Gasteiger partial charge in [-0.25, -0.2) is 15.0 Å². The van der Waals surface area contributed by atoms with Crippen LogP contribution in [0.5, 0.6) is 0 Å². The molecule has 0 fully saturated rings. The third-order valence-corrected chi connectivity index (χ3v) is 4.30. The number of nitrogens with zero attached hydrogens (tertiary/aromatic N) is 6. The molecule has 0 bridgehead atoms. The fourth-order valence-electron chi connectivity index (χ4n) is 3.10. The first-order valence-electron chi connectivity index (χ1n) is 9.26. The molecule has 1 amide bonds. The van der Waals surface area contributed by atoms with Crippen molar-refractivity contribution < 1.29 is 4.79 Å². The first kappa shape index (κ1) is 20.7. The molecule has 9 nitrogen and oxygen atoms in total. The van der Waals surface area contributed by atoms with E-state index in [1.165, 1.54) is 12.3 Å². The van der Waals surface area contributed by atoms with Gasteiger partial charge in [0.2, 0.25) is 0 Å². The lowest BCUT2D eigenvalue weighted by molar-refractivity contribution is 0.0995. The number of aliphatic imine (C=N–C) groups is 2. The van der Waals surface area contributed by atoms with Crippen LogP contribution in [0.4, 0.5) is 5.82 Å². The smallest absolute Gasteiger partial charge is 0.267 e. The average molecular weight is 402 g/mol. The van der Waals surface area contributed by atoms with Gasteiger partial charge in [0.15, 0.2) is 5.84 Å². The number of amidine groups is 2. The van der Waals surface area contributed by atoms with Gasteiger partial charge in [0.05, 0.1) is 11.7 Å². The van der Waals surface area contributed by atoms with E-state index in [4.69, 9.17) is 12.2 Å². The number of nitrogens with two attached hydrogens (primary N) is 1. The number of hydrogen-bond donors (Lipinski definition) is 2. The summed E-state index contributed by atoms with van der Waals surface area (Å²) in [5.41, 5.74) is 7.73. The summed E-state index contributed by atoms with van der Waals surface area (Å²) in [5.74, 6) is 1.74. The molecule has 0 saturated heterocycles. The predicted molar refractivity (Wildman–Crippen MR) is 118 cm³/mol. The van der Waals surface area contributed by atoms with E-state index in [-0.39, 0.29) is 17.6 Å². The van der Waals surface area contributed by atoms with Crippen molar-refractivity contribution in [3.05, 3.63) is 47.7 Å². The largest absolute Gasteiger partial charge is 0.364 e. The van der Waals surface area contributed by atoms with Crippen LogP contribution in [0.2, 0.25) is 0 Å². The number of nitrogens with one attached hydrogen (secondary N) is 1. The fourth-order valence-corrected chi connectivity index (χ4v) is 3.10. The number of aryl methyl sites for hydroxylation is 1. The molecule has 0 aromatic carbocycles. The Balaban J connectivity index is 1.90. The van der Waals surface area contributed by atoms with Crippen molar-refractivity contribution in [3.63, 3.8) is 0 Å². The molecule has 3 heterocycles. The molecular formula is C21H22N8O. The Morgan fingerprint density at radius 1 is 1.30 bits per heavy atom. The Morgan fingerprint density at radius 3 is 2.67 bits per heavy atom. The number of fused-ring (bicyclic) bond motifs is 1. The molecule has 3 rings (SSSR count). The molecule has 0 atom stereocenters. The van der Waals surface area contributed by atoms with Crippen LogP contribution in [0.25, 0.3) is 11.0 Å². The molecule has 3 aromatic rings. The maximum absolute atomic E-state index is 11.2. The molecule has 0 saturated carbocycles. The molecule has 3 aromatic heterocycles. The highest BCUT2D eigenvalue weighted by molar-refractivity contribution is 6.09. The Hall–Kier alpha value is -4.06. The van der Waals surface area contributed by atoms with Gasteiger partial charge in [-0.3, -0.25) is 9.78 Å². The summed E-state index contributed by atoms with van der Waals surface area (Å²) in [5, 5.41) is 3.15. The van der Waals surface area contributed by atoms with Gasteiger partial charge in [-0.15, -0.1) is 0 Å². The van der Waals surface area contributed by atoms with Crippen molar-refractivity contribution in [3.8, 4) is 12.5 Å². The summed E-state index contributed by atoms with van der Waals surface area (Å²) in [6, 6.07) is 7.55. The molecule has 0 radical (unpaired) electrons. The Kier molecular flexibility index (Phi) is 5.88. The molecule has 152 valence electrons. The molecule has 0 aliphatic heterocycles. The third kappa shape index (κ3) is 4.33. The van der Waals surface area contributed by atoms with Crippen LogP contribution in [0, 0.1) is 19.4 Å². The number of terminal acetylenes is 1. The second-order valence-electron chi connectivity index (χ2n) is 6.86. The minimum Gasteiger partial charge on any atom is -0.364 e. The zero-order chi connectivity index (χ0) is 21.8. The molecule has 9 heteroatoms. The minimum atomic E-state index is -0.615. The number of carbonyl (C=O) groups is 1. The van der Waals surface area contributed by atoms with Crippen molar-refractivity contribution >= 4 is 34.4 Å². The molecular weight excluding hydrogens is 380 g/mol. The molecule has 0 spiro atoms. The number of primary amides is 1. The lowest BCUT2D eigenvalue weighted by Crippen LogP contribution is -2.14. The van der Waals surface area contributed by atoms with Crippen molar-refractivity contribution in [1.29, 1.82) is 0 Å². The van der Waals surface area contributed by atoms with Crippen molar-refractivity contribution in [2.24, 2.45) is 15.7 Å². The standard InChI is InChI=1S/C21H22N8O/c1-6-23-21(15-7-8-16(20(22)30)24-10-15)27-13(4)26-19-9-18-17(11-25-19)28-14(5)29(18)12(2)3/h1,7-12H,2-5H3,(H2,22,30)(H,23,25,26,27). The highest BCUT2D eigenvalue weighted by Crippen LogP contribution is 2.22. The summed E-state index contributed by atoms with van der Waals surface area (Å²) in [7, 11) is 0. The summed E-state index contributed by atoms with van der Waals surface area (Å²) in [6.45, 7) is 7.96. The zero-order valence-corrected chi connectivity index (χ0v) is 17.2. The summed E-state index contributed by atoms with van der Waals surface area (Å²) in [4.78, 5) is 32.6. The highest BCUT2D eigenvalue weighted by Gasteiger charge is 2.12. The SMILES string of the molecule is C#CN=C(N=C(C)Nc1cc2c(cn1)nc(C)n2C(C)C)c1ccc(C(N)=O)nc1. The van der Waals surface area contributed by atoms with Crippen LogP contribution >= 0.6 is 0 Å². The second kappa shape index (κ2) is 8.53. The molecule has 0 aliphatic carbocycles. The van der Waals surface area contributed by atoms with Crippen molar-refractivity contribution in [2.75, 3.05) is 5.32 Å². The predicted octanol–water partition coefficient (Wildman–Crippen LogP) is 2.68. The molecule has 3 N–H and O–H groups in total. The average Bonchev–Trinajstić information content (AvgIpc) is 3.03. The van der Waals surface area contributed by atoms with E-state index in [1.54, 1.807) is 19.2 Å². The maximum atomic E-state index is 11.2. The van der Waals surface area contributed by atoms with Gasteiger partial charge in [-0.1, -0.05) is 6.42 Å². The number of amides is 1. The summed E-state index contributed by atoms with van der Waals surface area (Å²) >= 11 is 0. The zero-order valence-electron chi connectivity index (χ0n) is 17.2. The number of carbonyl (C=O) groups excluding carboxylic acids is 1. The Morgan fingerprint density at radius 2 is 2.07 bits per heavy atom. The van der Waals surface area contributed by atoms with E-state index < -0.39 is 5.91 Å². The van der Waals surface area contributed by atoms with Gasteiger partial charge >= 0.3 is 0 Å². The topological polar surface area (TPSA) is 123 Å². The Bertz CT molecular complexity index is 1200. The van der Waals surface area contributed by atoms with Crippen LogP contribution in [0.1, 0.15) is 48.7 Å². The molecule has 0 aliphatic rings. The highest BCUT2D eigenvalue weighted by atomic mass is 16.1. The molecule has 30 heavy (non-hydrogen) atoms. The van der Waals surface area contributed by atoms with Gasteiger partial charge < -0.3 is 15.6 Å². The second-order valence-corrected chi connectivity index (χ2v) is 6.86. The third-order valence-electron chi connectivity index (χ3n) is 4.30.